The second-order valence-electron chi connectivity index (χ2n) is 12.2. The molecule has 0 amide bonds. The predicted octanol–water partition coefficient (Wildman–Crippen LogP) is 6.54. The molecule has 0 bridgehead atoms. The first-order chi connectivity index (χ1) is 14.6. The molecule has 0 radical (unpaired) electrons. The van der Waals surface area contributed by atoms with E-state index >= 15 is 0 Å². The van der Waals surface area contributed by atoms with Crippen molar-refractivity contribution in [3.63, 3.8) is 0 Å². The highest BCUT2D eigenvalue weighted by atomic mass is 28.4. The van der Waals surface area contributed by atoms with Gasteiger partial charge < -0.3 is 9.16 Å². The van der Waals surface area contributed by atoms with Gasteiger partial charge in [-0.25, -0.2) is 4.79 Å². The Kier molecular flexibility index (Phi) is 6.36. The van der Waals surface area contributed by atoms with Gasteiger partial charge in [-0.3, -0.25) is 4.79 Å². The van der Waals surface area contributed by atoms with Gasteiger partial charge in [0.25, 0.3) is 0 Å². The van der Waals surface area contributed by atoms with E-state index in [1.807, 2.05) is 12.2 Å². The number of carbonyl (C=O) groups excluding carboxylic acids is 2. The third-order valence-electron chi connectivity index (χ3n) is 8.82. The number of esters is 1. The molecule has 0 aromatic rings. The van der Waals surface area contributed by atoms with E-state index in [-0.39, 0.29) is 28.8 Å². The van der Waals surface area contributed by atoms with Crippen LogP contribution in [0.4, 0.5) is 0 Å². The molecule has 5 heteroatoms. The number of Topliss-reactive ketones (excluding diaryl/α,β-unsaturated/α-hetero) is 1. The molecule has 0 unspecified atom stereocenters. The fraction of sp³-hybridized carbons (Fsp3) is 0.704. The van der Waals surface area contributed by atoms with Crippen molar-refractivity contribution in [3.05, 3.63) is 34.4 Å². The molecule has 0 aromatic heterocycles. The molecule has 32 heavy (non-hydrogen) atoms. The molecular formula is C27H42O4Si. The lowest BCUT2D eigenvalue weighted by Gasteiger charge is -2.49. The smallest absolute Gasteiger partial charge is 0.334 e. The maximum absolute atomic E-state index is 13.5. The predicted molar refractivity (Wildman–Crippen MR) is 132 cm³/mol. The van der Waals surface area contributed by atoms with Gasteiger partial charge in [0.05, 0.1) is 18.6 Å². The molecule has 3 rings (SSSR count). The van der Waals surface area contributed by atoms with Crippen molar-refractivity contribution in [1.29, 1.82) is 0 Å². The van der Waals surface area contributed by atoms with E-state index in [1.54, 1.807) is 0 Å². The number of ketones is 1. The first kappa shape index (κ1) is 25.2. The Morgan fingerprint density at radius 1 is 1.16 bits per heavy atom. The Balaban J connectivity index is 2.13. The zero-order valence-corrected chi connectivity index (χ0v) is 22.8. The molecule has 0 aromatic carbocycles. The van der Waals surface area contributed by atoms with E-state index in [0.717, 1.165) is 24.8 Å². The summed E-state index contributed by atoms with van der Waals surface area (Å²) in [4.78, 5) is 25.7. The van der Waals surface area contributed by atoms with Gasteiger partial charge in [0.1, 0.15) is 5.78 Å². The van der Waals surface area contributed by atoms with Gasteiger partial charge in [-0.05, 0) is 61.4 Å². The minimum Gasteiger partial charge on any atom is -0.466 e. The van der Waals surface area contributed by atoms with Crippen molar-refractivity contribution in [2.45, 2.75) is 98.4 Å². The molecule has 0 saturated heterocycles. The number of methoxy groups -OCH3 is 1. The van der Waals surface area contributed by atoms with Gasteiger partial charge in [0.15, 0.2) is 8.32 Å². The van der Waals surface area contributed by atoms with Crippen molar-refractivity contribution < 1.29 is 18.8 Å². The third kappa shape index (κ3) is 3.89. The topological polar surface area (TPSA) is 52.6 Å². The first-order valence-electron chi connectivity index (χ1n) is 12.0. The van der Waals surface area contributed by atoms with Crippen LogP contribution in [0, 0.1) is 16.7 Å². The van der Waals surface area contributed by atoms with E-state index < -0.39 is 19.7 Å². The highest BCUT2D eigenvalue weighted by molar-refractivity contribution is 6.74. The number of fused-ring (bicyclic) bond motifs is 3. The van der Waals surface area contributed by atoms with Crippen molar-refractivity contribution in [2.24, 2.45) is 16.7 Å². The van der Waals surface area contributed by atoms with Crippen LogP contribution < -0.4 is 0 Å². The van der Waals surface area contributed by atoms with E-state index in [0.29, 0.717) is 11.5 Å². The molecule has 3 aliphatic rings. The molecule has 0 aliphatic heterocycles. The number of carbonyl (C=O) groups is 2. The van der Waals surface area contributed by atoms with Crippen LogP contribution in [0.2, 0.25) is 18.1 Å². The molecule has 3 aliphatic carbocycles. The molecule has 0 spiro atoms. The van der Waals surface area contributed by atoms with E-state index in [1.165, 1.54) is 18.3 Å². The van der Waals surface area contributed by atoms with Gasteiger partial charge in [0.2, 0.25) is 0 Å². The van der Waals surface area contributed by atoms with E-state index in [2.05, 4.69) is 61.6 Å². The van der Waals surface area contributed by atoms with Crippen LogP contribution in [0.3, 0.4) is 0 Å². The van der Waals surface area contributed by atoms with Crippen molar-refractivity contribution >= 4 is 20.1 Å². The zero-order chi connectivity index (χ0) is 24.3. The number of rotatable bonds is 4. The summed E-state index contributed by atoms with van der Waals surface area (Å²) in [6.45, 7) is 20.4. The Morgan fingerprint density at radius 3 is 2.31 bits per heavy atom. The standard InChI is InChI=1S/C27H42O4Si/c1-17(2)19-16-22(31-32(9,10)25(3,4)5)27(7)14-13-26(6)20(23(19)27)12-11-18(15-21(26)28)24(29)30-8/h11-12,17,22H,13-16H2,1-10H3/t22-,26-,27+/m1/s1. The lowest BCUT2D eigenvalue weighted by atomic mass is 9.57. The summed E-state index contributed by atoms with van der Waals surface area (Å²) in [7, 11) is -0.589. The van der Waals surface area contributed by atoms with Crippen LogP contribution in [0.1, 0.15) is 74.1 Å². The molecular weight excluding hydrogens is 416 g/mol. The molecule has 0 N–H and O–H groups in total. The summed E-state index contributed by atoms with van der Waals surface area (Å²) in [6, 6.07) is 0. The SMILES string of the molecule is COC(=O)C1=CC=C2C3=C(C(C)C)C[C@@H](O[Si](C)(C)C(C)(C)C)[C@]3(C)CC[C@@]2(C)C(=O)C1. The quantitative estimate of drug-likeness (QED) is 0.355. The summed E-state index contributed by atoms with van der Waals surface area (Å²) in [6.07, 6.45) is 6.75. The van der Waals surface area contributed by atoms with Crippen LogP contribution in [0.5, 0.6) is 0 Å². The fourth-order valence-electron chi connectivity index (χ4n) is 5.41. The maximum Gasteiger partial charge on any atom is 0.334 e. The summed E-state index contributed by atoms with van der Waals surface area (Å²) < 4.78 is 12.0. The second-order valence-corrected chi connectivity index (χ2v) is 17.0. The van der Waals surface area contributed by atoms with Crippen LogP contribution in [0.15, 0.2) is 34.4 Å². The second kappa shape index (κ2) is 8.09. The molecule has 178 valence electrons. The summed E-state index contributed by atoms with van der Waals surface area (Å²) in [5.74, 6) is 0.0798. The fourth-order valence-corrected chi connectivity index (χ4v) is 6.82. The lowest BCUT2D eigenvalue weighted by molar-refractivity contribution is -0.137. The normalized spacial score (nSPS) is 31.1. The zero-order valence-electron chi connectivity index (χ0n) is 21.8. The summed E-state index contributed by atoms with van der Waals surface area (Å²) in [5.41, 5.74) is 3.58. The van der Waals surface area contributed by atoms with E-state index in [9.17, 15) is 9.59 Å². The van der Waals surface area contributed by atoms with Gasteiger partial charge in [-0.1, -0.05) is 59.3 Å². The Hall–Kier alpha value is -1.46. The van der Waals surface area contributed by atoms with Gasteiger partial charge in [0, 0.05) is 17.4 Å². The van der Waals surface area contributed by atoms with Crippen molar-refractivity contribution in [1.82, 2.24) is 0 Å². The number of hydrogen-bond acceptors (Lipinski definition) is 4. The average molecular weight is 459 g/mol. The number of allylic oxidation sites excluding steroid dienone is 3. The highest BCUT2D eigenvalue weighted by Gasteiger charge is 2.57. The largest absolute Gasteiger partial charge is 0.466 e. The summed E-state index contributed by atoms with van der Waals surface area (Å²) in [5, 5.41) is 0.142. The minimum absolute atomic E-state index is 0.115. The maximum atomic E-state index is 13.5. The Labute approximate surface area is 195 Å². The molecule has 3 atom stereocenters. The lowest BCUT2D eigenvalue weighted by Crippen LogP contribution is -2.50. The third-order valence-corrected chi connectivity index (χ3v) is 13.3. The van der Waals surface area contributed by atoms with Crippen LogP contribution in [0.25, 0.3) is 0 Å². The molecule has 0 heterocycles. The van der Waals surface area contributed by atoms with Gasteiger partial charge in [-0.2, -0.15) is 0 Å². The monoisotopic (exact) mass is 458 g/mol. The van der Waals surface area contributed by atoms with Gasteiger partial charge >= 0.3 is 5.97 Å². The first-order valence-corrected chi connectivity index (χ1v) is 14.9. The van der Waals surface area contributed by atoms with Crippen molar-refractivity contribution in [2.75, 3.05) is 7.11 Å². The molecule has 1 fully saturated rings. The molecule has 1 saturated carbocycles. The number of ether oxygens (including phenoxy) is 1. The van der Waals surface area contributed by atoms with Crippen LogP contribution in [-0.2, 0) is 18.8 Å². The summed E-state index contributed by atoms with van der Waals surface area (Å²) >= 11 is 0. The molecule has 4 nitrogen and oxygen atoms in total. The van der Waals surface area contributed by atoms with E-state index in [4.69, 9.17) is 9.16 Å². The Morgan fingerprint density at radius 2 is 1.78 bits per heavy atom. The van der Waals surface area contributed by atoms with Crippen LogP contribution >= 0.6 is 0 Å². The Bertz CT molecular complexity index is 914. The van der Waals surface area contributed by atoms with Crippen molar-refractivity contribution in [3.8, 4) is 0 Å². The minimum atomic E-state index is -1.96. The highest BCUT2D eigenvalue weighted by Crippen LogP contribution is 2.62. The average Bonchev–Trinajstić information content (AvgIpc) is 2.89. The van der Waals surface area contributed by atoms with Crippen LogP contribution in [-0.4, -0.2) is 33.3 Å². The number of hydrogen-bond donors (Lipinski definition) is 0. The van der Waals surface area contributed by atoms with Gasteiger partial charge in [-0.15, -0.1) is 0 Å².